The molecule has 42 heavy (non-hydrogen) atoms. The van der Waals surface area contributed by atoms with Gasteiger partial charge in [0.15, 0.2) is 6.61 Å². The highest BCUT2D eigenvalue weighted by molar-refractivity contribution is 5.82. The molecule has 0 amide bonds. The lowest BCUT2D eigenvalue weighted by molar-refractivity contribution is -0.00240. The number of ether oxygens (including phenoxy) is 2. The third-order valence-corrected chi connectivity index (χ3v) is 8.18. The first kappa shape index (κ1) is 28.0. The Bertz CT molecular complexity index is 1690. The van der Waals surface area contributed by atoms with Crippen LogP contribution in [0, 0.1) is 0 Å². The molecule has 1 unspecified atom stereocenters. The van der Waals surface area contributed by atoms with E-state index in [1.54, 1.807) is 4.57 Å². The Labute approximate surface area is 245 Å². The van der Waals surface area contributed by atoms with E-state index in [1.807, 2.05) is 44.2 Å². The number of fused-ring (bicyclic) bond motifs is 1. The van der Waals surface area contributed by atoms with Gasteiger partial charge in [-0.25, -0.2) is 9.79 Å². The molecule has 0 aliphatic carbocycles. The maximum Gasteiger partial charge on any atom is 0.331 e. The lowest BCUT2D eigenvalue weighted by atomic mass is 9.92. The first-order chi connectivity index (χ1) is 20.5. The topological polar surface area (TPSA) is 93.8 Å². The Morgan fingerprint density at radius 2 is 1.76 bits per heavy atom. The van der Waals surface area contributed by atoms with Gasteiger partial charge in [0.2, 0.25) is 5.90 Å². The van der Waals surface area contributed by atoms with Crippen LogP contribution in [0.5, 0.6) is 5.75 Å². The number of aromatic amines is 1. The number of benzene rings is 2. The van der Waals surface area contributed by atoms with Crippen molar-refractivity contribution in [2.75, 3.05) is 26.2 Å². The molecule has 2 aromatic heterocycles. The molecule has 0 bridgehead atoms. The van der Waals surface area contributed by atoms with Crippen molar-refractivity contribution in [2.24, 2.45) is 4.99 Å². The van der Waals surface area contributed by atoms with Crippen molar-refractivity contribution in [1.29, 1.82) is 0 Å². The summed E-state index contributed by atoms with van der Waals surface area (Å²) in [5, 5.41) is 0. The number of hydrogen-bond acceptors (Lipinski definition) is 6. The number of piperidine rings is 1. The highest BCUT2D eigenvalue weighted by atomic mass is 16.6. The Morgan fingerprint density at radius 1 is 1.00 bits per heavy atom. The summed E-state index contributed by atoms with van der Waals surface area (Å²) in [7, 11) is 0. The zero-order chi connectivity index (χ0) is 29.1. The molecular formula is C33H39N5O4. The van der Waals surface area contributed by atoms with Crippen LogP contribution in [0.4, 0.5) is 0 Å². The predicted octanol–water partition coefficient (Wildman–Crippen LogP) is 4.82. The first-order valence-corrected chi connectivity index (χ1v) is 15.1. The van der Waals surface area contributed by atoms with Crippen LogP contribution in [-0.4, -0.2) is 56.8 Å². The Kier molecular flexibility index (Phi) is 8.02. The van der Waals surface area contributed by atoms with Gasteiger partial charge in [0.1, 0.15) is 16.9 Å². The maximum atomic E-state index is 13.1. The van der Waals surface area contributed by atoms with Gasteiger partial charge in [-0.05, 0) is 73.7 Å². The van der Waals surface area contributed by atoms with Gasteiger partial charge in [0.25, 0.3) is 5.56 Å². The lowest BCUT2D eigenvalue weighted by Gasteiger charge is -2.39. The minimum absolute atomic E-state index is 0.249. The smallest absolute Gasteiger partial charge is 0.331 e. The summed E-state index contributed by atoms with van der Waals surface area (Å²) in [6.45, 7) is 8.75. The van der Waals surface area contributed by atoms with Gasteiger partial charge in [0, 0.05) is 31.9 Å². The summed E-state index contributed by atoms with van der Waals surface area (Å²) in [5.41, 5.74) is 3.33. The van der Waals surface area contributed by atoms with Gasteiger partial charge in [-0.15, -0.1) is 0 Å². The maximum absolute atomic E-state index is 13.1. The molecule has 2 aliphatic rings. The zero-order valence-electron chi connectivity index (χ0n) is 24.5. The average molecular weight is 570 g/mol. The lowest BCUT2D eigenvalue weighted by Crippen LogP contribution is -2.50. The molecule has 0 radical (unpaired) electrons. The molecule has 1 N–H and O–H groups in total. The summed E-state index contributed by atoms with van der Waals surface area (Å²) >= 11 is 0. The molecule has 6 rings (SSSR count). The van der Waals surface area contributed by atoms with Crippen LogP contribution in [0.15, 0.2) is 75.2 Å². The fraction of sp³-hybridized carbons (Fsp3) is 0.424. The van der Waals surface area contributed by atoms with Crippen molar-refractivity contribution in [2.45, 2.75) is 64.8 Å². The fourth-order valence-corrected chi connectivity index (χ4v) is 6.18. The van der Waals surface area contributed by atoms with Gasteiger partial charge in [-0.1, -0.05) is 44.2 Å². The molecule has 9 nitrogen and oxygen atoms in total. The monoisotopic (exact) mass is 569 g/mol. The summed E-state index contributed by atoms with van der Waals surface area (Å²) in [6.07, 6.45) is 3.60. The number of aromatic nitrogens is 3. The van der Waals surface area contributed by atoms with E-state index in [0.29, 0.717) is 48.7 Å². The van der Waals surface area contributed by atoms with E-state index in [0.717, 1.165) is 50.2 Å². The summed E-state index contributed by atoms with van der Waals surface area (Å²) < 4.78 is 15.5. The molecule has 4 heterocycles. The average Bonchev–Trinajstić information content (AvgIpc) is 3.62. The van der Waals surface area contributed by atoms with E-state index in [2.05, 4.69) is 40.2 Å². The van der Waals surface area contributed by atoms with Crippen molar-refractivity contribution in [3.05, 3.63) is 87.1 Å². The first-order valence-electron chi connectivity index (χ1n) is 15.1. The largest absolute Gasteiger partial charge is 0.484 e. The molecule has 2 aliphatic heterocycles. The molecule has 1 saturated heterocycles. The predicted molar refractivity (Wildman–Crippen MR) is 165 cm³/mol. The van der Waals surface area contributed by atoms with Crippen molar-refractivity contribution in [3.63, 3.8) is 0 Å². The number of H-pyrrole nitrogens is 1. The summed E-state index contributed by atoms with van der Waals surface area (Å²) in [4.78, 5) is 36.5. The Balaban J connectivity index is 1.11. The van der Waals surface area contributed by atoms with Gasteiger partial charge < -0.3 is 14.5 Å². The SMILES string of the molecule is CCCn1c(=O)c2[nH]c(-c3ccc(OCC4=NCC5(CCCN(Cc6ccccc6)C5)O4)cc3)cc2n(CCC)c1=O. The zero-order valence-corrected chi connectivity index (χ0v) is 24.5. The van der Waals surface area contributed by atoms with Gasteiger partial charge in [0.05, 0.1) is 12.1 Å². The quantitative estimate of drug-likeness (QED) is 0.296. The van der Waals surface area contributed by atoms with Gasteiger partial charge in [-0.3, -0.25) is 18.8 Å². The second-order valence-corrected chi connectivity index (χ2v) is 11.4. The van der Waals surface area contributed by atoms with E-state index >= 15 is 0 Å². The van der Waals surface area contributed by atoms with E-state index in [9.17, 15) is 9.59 Å². The highest BCUT2D eigenvalue weighted by Crippen LogP contribution is 2.31. The van der Waals surface area contributed by atoms with E-state index in [1.165, 1.54) is 10.1 Å². The number of aryl methyl sites for hydroxylation is 1. The van der Waals surface area contributed by atoms with Crippen LogP contribution in [0.2, 0.25) is 0 Å². The fourth-order valence-electron chi connectivity index (χ4n) is 6.18. The van der Waals surface area contributed by atoms with Gasteiger partial charge >= 0.3 is 5.69 Å². The second-order valence-electron chi connectivity index (χ2n) is 11.4. The molecule has 2 aromatic carbocycles. The van der Waals surface area contributed by atoms with Crippen LogP contribution in [-0.2, 0) is 24.4 Å². The number of nitrogens with zero attached hydrogens (tertiary/aromatic N) is 4. The minimum atomic E-state index is -0.272. The molecule has 1 spiro atoms. The van der Waals surface area contributed by atoms with Crippen LogP contribution in [0.25, 0.3) is 22.3 Å². The number of aliphatic imine (C=N–C) groups is 1. The van der Waals surface area contributed by atoms with Crippen molar-refractivity contribution < 1.29 is 9.47 Å². The molecule has 1 fully saturated rings. The van der Waals surface area contributed by atoms with Crippen LogP contribution in [0.1, 0.15) is 45.1 Å². The number of hydrogen-bond donors (Lipinski definition) is 1. The summed E-state index contributed by atoms with van der Waals surface area (Å²) in [5.74, 6) is 1.36. The Hall–Kier alpha value is -4.11. The third kappa shape index (κ3) is 5.66. The second kappa shape index (κ2) is 12.0. The van der Waals surface area contributed by atoms with Crippen molar-refractivity contribution in [1.82, 2.24) is 19.0 Å². The molecule has 1 atom stereocenters. The van der Waals surface area contributed by atoms with E-state index < -0.39 is 0 Å². The standard InChI is InChI=1S/C33H39N5O4/c1-3-16-37-28-19-27(35-30(28)31(39)38(17-4-2)32(37)40)25-11-13-26(14-12-25)41-21-29-34-22-33(42-29)15-8-18-36(23-33)20-24-9-6-5-7-10-24/h5-7,9-14,19,35H,3-4,8,15-18,20-23H2,1-2H3. The van der Waals surface area contributed by atoms with Crippen LogP contribution < -0.4 is 16.0 Å². The third-order valence-electron chi connectivity index (χ3n) is 8.18. The minimum Gasteiger partial charge on any atom is -0.484 e. The number of nitrogens with one attached hydrogen (secondary N) is 1. The Morgan fingerprint density at radius 3 is 2.52 bits per heavy atom. The molecular weight excluding hydrogens is 530 g/mol. The molecule has 9 heteroatoms. The number of likely N-dealkylation sites (tertiary alicyclic amines) is 1. The molecule has 220 valence electrons. The van der Waals surface area contributed by atoms with Crippen LogP contribution >= 0.6 is 0 Å². The van der Waals surface area contributed by atoms with E-state index in [4.69, 9.17) is 14.5 Å². The highest BCUT2D eigenvalue weighted by Gasteiger charge is 2.41. The van der Waals surface area contributed by atoms with E-state index in [-0.39, 0.29) is 23.5 Å². The molecule has 0 saturated carbocycles. The number of rotatable bonds is 10. The van der Waals surface area contributed by atoms with Gasteiger partial charge in [-0.2, -0.15) is 0 Å². The summed E-state index contributed by atoms with van der Waals surface area (Å²) in [6, 6.07) is 20.2. The van der Waals surface area contributed by atoms with Crippen LogP contribution in [0.3, 0.4) is 0 Å². The van der Waals surface area contributed by atoms with Crippen molar-refractivity contribution in [3.8, 4) is 17.0 Å². The van der Waals surface area contributed by atoms with Crippen molar-refractivity contribution >= 4 is 16.9 Å². The normalized spacial score (nSPS) is 18.9. The molecule has 4 aromatic rings.